The maximum atomic E-state index is 12.8. The van der Waals surface area contributed by atoms with Crippen LogP contribution < -0.4 is 10.6 Å². The summed E-state index contributed by atoms with van der Waals surface area (Å²) in [7, 11) is -3.48. The Morgan fingerprint density at radius 2 is 1.75 bits per heavy atom. The summed E-state index contributed by atoms with van der Waals surface area (Å²) in [6, 6.07) is -0.999. The van der Waals surface area contributed by atoms with Crippen LogP contribution in [0.5, 0.6) is 0 Å². The standard InChI is InChI=1S/C15H27N2O6P/c1-6-21-14(18)12-11(9-24(20,22-7-2)23-8-3)16-15(19)17-13(12)10(4)5/h10,13H,6-9H2,1-5H3,(H2,16,17,19). The van der Waals surface area contributed by atoms with E-state index in [1.165, 1.54) is 0 Å². The average Bonchev–Trinajstić information content (AvgIpc) is 2.46. The van der Waals surface area contributed by atoms with Gasteiger partial charge in [-0.2, -0.15) is 0 Å². The van der Waals surface area contributed by atoms with Crippen LogP contribution in [-0.2, 0) is 23.1 Å². The summed E-state index contributed by atoms with van der Waals surface area (Å²) < 4.78 is 28.4. The van der Waals surface area contributed by atoms with Gasteiger partial charge < -0.3 is 24.4 Å². The molecule has 0 saturated heterocycles. The van der Waals surface area contributed by atoms with Gasteiger partial charge in [-0.3, -0.25) is 4.57 Å². The van der Waals surface area contributed by atoms with Crippen LogP contribution in [0.1, 0.15) is 34.6 Å². The summed E-state index contributed by atoms with van der Waals surface area (Å²) >= 11 is 0. The average molecular weight is 362 g/mol. The van der Waals surface area contributed by atoms with Crippen LogP contribution in [-0.4, -0.2) is 44.0 Å². The van der Waals surface area contributed by atoms with E-state index in [2.05, 4.69) is 10.6 Å². The maximum absolute atomic E-state index is 12.8. The summed E-state index contributed by atoms with van der Waals surface area (Å²) in [5.74, 6) is -0.609. The fourth-order valence-electron chi connectivity index (χ4n) is 2.44. The quantitative estimate of drug-likeness (QED) is 0.482. The Morgan fingerprint density at radius 1 is 1.17 bits per heavy atom. The lowest BCUT2D eigenvalue weighted by Crippen LogP contribution is -2.53. The molecule has 1 aliphatic rings. The van der Waals surface area contributed by atoms with Crippen LogP contribution >= 0.6 is 7.60 Å². The fraction of sp³-hybridized carbons (Fsp3) is 0.733. The molecule has 2 N–H and O–H groups in total. The molecule has 1 atom stereocenters. The van der Waals surface area contributed by atoms with Gasteiger partial charge in [0.2, 0.25) is 0 Å². The van der Waals surface area contributed by atoms with Crippen molar-refractivity contribution >= 4 is 19.6 Å². The molecule has 8 nitrogen and oxygen atoms in total. The highest BCUT2D eigenvalue weighted by molar-refractivity contribution is 7.54. The molecule has 0 aromatic rings. The predicted octanol–water partition coefficient (Wildman–Crippen LogP) is 2.41. The van der Waals surface area contributed by atoms with Gasteiger partial charge in [-0.15, -0.1) is 0 Å². The van der Waals surface area contributed by atoms with Crippen molar-refractivity contribution in [3.8, 4) is 0 Å². The molecule has 9 heteroatoms. The normalized spacial score (nSPS) is 18.4. The molecule has 2 amide bonds. The van der Waals surface area contributed by atoms with Crippen molar-refractivity contribution in [2.24, 2.45) is 5.92 Å². The third kappa shape index (κ3) is 5.33. The van der Waals surface area contributed by atoms with E-state index >= 15 is 0 Å². The first-order valence-electron chi connectivity index (χ1n) is 8.13. The first kappa shape index (κ1) is 20.7. The van der Waals surface area contributed by atoms with Crippen molar-refractivity contribution < 1.29 is 27.9 Å². The number of allylic oxidation sites excluding steroid dienone is 1. The smallest absolute Gasteiger partial charge is 0.337 e. The summed E-state index contributed by atoms with van der Waals surface area (Å²) in [4.78, 5) is 24.3. The van der Waals surface area contributed by atoms with E-state index in [-0.39, 0.29) is 43.2 Å². The molecule has 138 valence electrons. The van der Waals surface area contributed by atoms with Crippen LogP contribution in [0.4, 0.5) is 4.79 Å². The molecule has 1 aliphatic heterocycles. The fourth-order valence-corrected chi connectivity index (χ4v) is 4.12. The van der Waals surface area contributed by atoms with Gasteiger partial charge in [0.1, 0.15) is 0 Å². The van der Waals surface area contributed by atoms with Crippen molar-refractivity contribution in [3.63, 3.8) is 0 Å². The van der Waals surface area contributed by atoms with E-state index in [1.54, 1.807) is 20.8 Å². The number of hydrogen-bond donors (Lipinski definition) is 2. The zero-order chi connectivity index (χ0) is 18.3. The van der Waals surface area contributed by atoms with Crippen LogP contribution in [0.2, 0.25) is 0 Å². The molecule has 0 saturated carbocycles. The van der Waals surface area contributed by atoms with Crippen LogP contribution in [0.15, 0.2) is 11.3 Å². The second-order valence-electron chi connectivity index (χ2n) is 5.54. The maximum Gasteiger partial charge on any atom is 0.337 e. The predicted molar refractivity (Wildman–Crippen MR) is 89.7 cm³/mol. The van der Waals surface area contributed by atoms with Crippen molar-refractivity contribution in [1.29, 1.82) is 0 Å². The van der Waals surface area contributed by atoms with Gasteiger partial charge in [0.05, 0.1) is 37.6 Å². The van der Waals surface area contributed by atoms with Crippen LogP contribution in [0.3, 0.4) is 0 Å². The molecule has 1 rings (SSSR count). The van der Waals surface area contributed by atoms with Crippen LogP contribution in [0.25, 0.3) is 0 Å². The molecule has 0 aromatic heterocycles. The van der Waals surface area contributed by atoms with Gasteiger partial charge in [0, 0.05) is 5.70 Å². The lowest BCUT2D eigenvalue weighted by molar-refractivity contribution is -0.139. The van der Waals surface area contributed by atoms with Crippen molar-refractivity contribution in [3.05, 3.63) is 11.3 Å². The Morgan fingerprint density at radius 3 is 2.21 bits per heavy atom. The van der Waals surface area contributed by atoms with E-state index < -0.39 is 25.6 Å². The Labute approximate surface area is 142 Å². The van der Waals surface area contributed by atoms with Crippen molar-refractivity contribution in [2.45, 2.75) is 40.7 Å². The topological polar surface area (TPSA) is 103 Å². The van der Waals surface area contributed by atoms with Gasteiger partial charge in [0.15, 0.2) is 0 Å². The monoisotopic (exact) mass is 362 g/mol. The minimum absolute atomic E-state index is 0.0518. The molecule has 0 fully saturated rings. The molecule has 1 heterocycles. The molecule has 0 radical (unpaired) electrons. The minimum Gasteiger partial charge on any atom is -0.463 e. The third-order valence-electron chi connectivity index (χ3n) is 3.35. The van der Waals surface area contributed by atoms with Gasteiger partial charge in [-0.25, -0.2) is 9.59 Å². The second-order valence-corrected chi connectivity index (χ2v) is 7.59. The second kappa shape index (κ2) is 9.20. The first-order valence-corrected chi connectivity index (χ1v) is 9.86. The number of amides is 2. The number of carbonyl (C=O) groups is 2. The van der Waals surface area contributed by atoms with Crippen LogP contribution in [0, 0.1) is 5.92 Å². The lowest BCUT2D eigenvalue weighted by atomic mass is 9.93. The Hall–Kier alpha value is -1.37. The SMILES string of the molecule is CCOC(=O)C1=C(CP(=O)(OCC)OCC)NC(=O)NC1C(C)C. The molecule has 1 unspecified atom stereocenters. The molecular formula is C15H27N2O6P. The summed E-state index contributed by atoms with van der Waals surface area (Å²) in [6.45, 7) is 9.42. The highest BCUT2D eigenvalue weighted by Crippen LogP contribution is 2.50. The summed E-state index contributed by atoms with van der Waals surface area (Å²) in [5, 5.41) is 5.26. The van der Waals surface area contributed by atoms with Gasteiger partial charge in [-0.1, -0.05) is 13.8 Å². The minimum atomic E-state index is -3.48. The summed E-state index contributed by atoms with van der Waals surface area (Å²) in [5.41, 5.74) is 0.479. The zero-order valence-electron chi connectivity index (χ0n) is 14.9. The highest BCUT2D eigenvalue weighted by atomic mass is 31.2. The largest absolute Gasteiger partial charge is 0.463 e. The van der Waals surface area contributed by atoms with E-state index in [1.807, 2.05) is 13.8 Å². The van der Waals surface area contributed by atoms with Gasteiger partial charge >= 0.3 is 19.6 Å². The molecular weight excluding hydrogens is 335 g/mol. The lowest BCUT2D eigenvalue weighted by Gasteiger charge is -2.32. The Bertz CT molecular complexity index is 536. The number of ether oxygens (including phenoxy) is 1. The number of rotatable bonds is 9. The van der Waals surface area contributed by atoms with E-state index in [0.29, 0.717) is 0 Å². The molecule has 24 heavy (non-hydrogen) atoms. The number of nitrogens with one attached hydrogen (secondary N) is 2. The molecule has 0 aromatic carbocycles. The van der Waals surface area contributed by atoms with E-state index in [4.69, 9.17) is 13.8 Å². The number of carbonyl (C=O) groups excluding carboxylic acids is 2. The first-order chi connectivity index (χ1) is 11.3. The molecule has 0 spiro atoms. The zero-order valence-corrected chi connectivity index (χ0v) is 15.8. The van der Waals surface area contributed by atoms with E-state index in [9.17, 15) is 14.2 Å². The van der Waals surface area contributed by atoms with Gasteiger partial charge in [-0.05, 0) is 26.7 Å². The molecule has 0 bridgehead atoms. The van der Waals surface area contributed by atoms with Gasteiger partial charge in [0.25, 0.3) is 0 Å². The van der Waals surface area contributed by atoms with E-state index in [0.717, 1.165) is 0 Å². The van der Waals surface area contributed by atoms with Crippen molar-refractivity contribution in [1.82, 2.24) is 10.6 Å². The highest BCUT2D eigenvalue weighted by Gasteiger charge is 2.38. The Balaban J connectivity index is 3.30. The molecule has 0 aliphatic carbocycles. The Kier molecular flexibility index (Phi) is 7.93. The third-order valence-corrected chi connectivity index (χ3v) is 5.36. The van der Waals surface area contributed by atoms with Crippen molar-refractivity contribution in [2.75, 3.05) is 26.0 Å². The number of urea groups is 1. The number of esters is 1. The number of hydrogen-bond acceptors (Lipinski definition) is 6. The summed E-state index contributed by atoms with van der Waals surface area (Å²) in [6.07, 6.45) is -0.195.